The lowest BCUT2D eigenvalue weighted by molar-refractivity contribution is -0.150. The maximum Gasteiger partial charge on any atom is 0.306 e. The molecule has 0 aromatic carbocycles. The van der Waals surface area contributed by atoms with Crippen LogP contribution in [0.15, 0.2) is 0 Å². The lowest BCUT2D eigenvalue weighted by atomic mass is 9.91. The van der Waals surface area contributed by atoms with Crippen LogP contribution in [0.2, 0.25) is 0 Å². The van der Waals surface area contributed by atoms with Crippen molar-refractivity contribution in [3.05, 3.63) is 0 Å². The smallest absolute Gasteiger partial charge is 0.306 e. The van der Waals surface area contributed by atoms with Crippen LogP contribution < -0.4 is 0 Å². The number of ether oxygens (including phenoxy) is 2. The number of hydrogen-bond acceptors (Lipinski definition) is 7. The molecule has 3 unspecified atom stereocenters. The largest absolute Gasteiger partial charge is 0.466 e. The number of aliphatic hydroxyl groups is 2. The van der Waals surface area contributed by atoms with Crippen molar-refractivity contribution in [2.24, 2.45) is 17.8 Å². The Morgan fingerprint density at radius 2 is 1.18 bits per heavy atom. The second kappa shape index (κ2) is 36.2. The van der Waals surface area contributed by atoms with Gasteiger partial charge in [0.15, 0.2) is 0 Å². The molecule has 2 N–H and O–H groups in total. The molecule has 7 nitrogen and oxygen atoms in total. The van der Waals surface area contributed by atoms with Gasteiger partial charge < -0.3 is 24.6 Å². The molecule has 7 heteroatoms. The van der Waals surface area contributed by atoms with Gasteiger partial charge in [-0.2, -0.15) is 0 Å². The number of carbonyl (C=O) groups excluding carboxylic acids is 2. The van der Waals surface area contributed by atoms with Gasteiger partial charge in [-0.05, 0) is 82.1 Å². The van der Waals surface area contributed by atoms with Gasteiger partial charge in [-0.3, -0.25) is 9.59 Å². The molecular formula is C43H85NO6. The number of rotatable bonds is 38. The second-order valence-corrected chi connectivity index (χ2v) is 15.6. The fourth-order valence-electron chi connectivity index (χ4n) is 6.99. The van der Waals surface area contributed by atoms with Gasteiger partial charge in [0.05, 0.1) is 6.61 Å². The van der Waals surface area contributed by atoms with Gasteiger partial charge in [0.2, 0.25) is 0 Å². The Balaban J connectivity index is 4.21. The normalized spacial score (nSPS) is 13.5. The first-order valence-corrected chi connectivity index (χ1v) is 21.6. The molecule has 0 heterocycles. The van der Waals surface area contributed by atoms with E-state index >= 15 is 0 Å². The Kier molecular flexibility index (Phi) is 35.3. The molecule has 0 fully saturated rings. The van der Waals surface area contributed by atoms with Crippen molar-refractivity contribution in [2.75, 3.05) is 39.5 Å². The van der Waals surface area contributed by atoms with Crippen molar-refractivity contribution in [1.29, 1.82) is 0 Å². The average Bonchev–Trinajstić information content (AvgIpc) is 3.09. The molecule has 0 aliphatic carbocycles. The van der Waals surface area contributed by atoms with E-state index in [2.05, 4.69) is 39.5 Å². The molecule has 0 aliphatic rings. The molecule has 50 heavy (non-hydrogen) atoms. The highest BCUT2D eigenvalue weighted by Gasteiger charge is 2.18. The van der Waals surface area contributed by atoms with E-state index in [1.54, 1.807) is 0 Å². The topological polar surface area (TPSA) is 96.3 Å². The highest BCUT2D eigenvalue weighted by molar-refractivity contribution is 5.69. The molecule has 0 aromatic rings. The minimum absolute atomic E-state index is 0.0267. The van der Waals surface area contributed by atoms with E-state index in [1.807, 2.05) is 0 Å². The zero-order valence-corrected chi connectivity index (χ0v) is 33.9. The number of hydrogen-bond donors (Lipinski definition) is 2. The number of aliphatic hydroxyl groups excluding tert-OH is 2. The maximum absolute atomic E-state index is 12.7. The molecule has 0 bridgehead atoms. The van der Waals surface area contributed by atoms with Gasteiger partial charge in [0.1, 0.15) is 6.10 Å². The van der Waals surface area contributed by atoms with Crippen LogP contribution in [0.1, 0.15) is 202 Å². The van der Waals surface area contributed by atoms with Crippen molar-refractivity contribution < 1.29 is 29.3 Å². The average molecular weight is 712 g/mol. The van der Waals surface area contributed by atoms with E-state index < -0.39 is 0 Å². The summed E-state index contributed by atoms with van der Waals surface area (Å²) in [6, 6.07) is 0. The zero-order chi connectivity index (χ0) is 37.1. The summed E-state index contributed by atoms with van der Waals surface area (Å²) in [6.07, 6.45) is 27.5. The van der Waals surface area contributed by atoms with Crippen LogP contribution in [0.25, 0.3) is 0 Å². The summed E-state index contributed by atoms with van der Waals surface area (Å²) in [5.74, 6) is 1.39. The highest BCUT2D eigenvalue weighted by Crippen LogP contribution is 2.23. The van der Waals surface area contributed by atoms with Crippen LogP contribution in [0.5, 0.6) is 0 Å². The van der Waals surface area contributed by atoms with E-state index in [1.165, 1.54) is 57.8 Å². The highest BCUT2D eigenvalue weighted by atomic mass is 16.5. The molecule has 0 saturated heterocycles. The van der Waals surface area contributed by atoms with Gasteiger partial charge in [0.25, 0.3) is 0 Å². The van der Waals surface area contributed by atoms with Crippen molar-refractivity contribution in [3.8, 4) is 0 Å². The second-order valence-electron chi connectivity index (χ2n) is 15.6. The van der Waals surface area contributed by atoms with E-state index in [-0.39, 0.29) is 37.2 Å². The molecule has 0 aromatic heterocycles. The molecule has 3 atom stereocenters. The number of carbonyl (C=O) groups is 2. The van der Waals surface area contributed by atoms with Crippen molar-refractivity contribution in [2.45, 2.75) is 208 Å². The quantitative estimate of drug-likeness (QED) is 0.0486. The van der Waals surface area contributed by atoms with Crippen molar-refractivity contribution in [1.82, 2.24) is 4.90 Å². The van der Waals surface area contributed by atoms with Crippen LogP contribution in [-0.2, 0) is 19.1 Å². The Hall–Kier alpha value is -1.18. The predicted molar refractivity (Wildman–Crippen MR) is 210 cm³/mol. The third-order valence-corrected chi connectivity index (χ3v) is 10.2. The number of nitrogens with zero attached hydrogens (tertiary/aromatic N) is 1. The summed E-state index contributed by atoms with van der Waals surface area (Å²) in [6.45, 7) is 14.8. The van der Waals surface area contributed by atoms with Crippen LogP contribution in [-0.4, -0.2) is 72.6 Å². The molecule has 298 valence electrons. The third kappa shape index (κ3) is 31.5. The first-order valence-electron chi connectivity index (χ1n) is 21.6. The van der Waals surface area contributed by atoms with Crippen LogP contribution in [0, 0.1) is 17.8 Å². The molecule has 0 aliphatic heterocycles. The van der Waals surface area contributed by atoms with Crippen molar-refractivity contribution in [3.63, 3.8) is 0 Å². The van der Waals surface area contributed by atoms with Gasteiger partial charge in [-0.25, -0.2) is 0 Å². The molecule has 0 radical (unpaired) electrons. The van der Waals surface area contributed by atoms with E-state index in [9.17, 15) is 19.8 Å². The van der Waals surface area contributed by atoms with E-state index in [0.29, 0.717) is 25.4 Å². The zero-order valence-electron chi connectivity index (χ0n) is 33.9. The van der Waals surface area contributed by atoms with Crippen LogP contribution in [0.4, 0.5) is 0 Å². The fraction of sp³-hybridized carbons (Fsp3) is 0.953. The summed E-state index contributed by atoms with van der Waals surface area (Å²) < 4.78 is 11.4. The first-order chi connectivity index (χ1) is 24.3. The minimum Gasteiger partial charge on any atom is -0.466 e. The molecular weight excluding hydrogens is 626 g/mol. The number of esters is 2. The summed E-state index contributed by atoms with van der Waals surface area (Å²) in [5, 5.41) is 19.5. The monoisotopic (exact) mass is 712 g/mol. The molecule has 0 spiro atoms. The predicted octanol–water partition coefficient (Wildman–Crippen LogP) is 10.8. The summed E-state index contributed by atoms with van der Waals surface area (Å²) in [5.41, 5.74) is 0. The van der Waals surface area contributed by atoms with Gasteiger partial charge >= 0.3 is 11.9 Å². The third-order valence-electron chi connectivity index (χ3n) is 10.2. The van der Waals surface area contributed by atoms with Crippen LogP contribution in [0.3, 0.4) is 0 Å². The maximum atomic E-state index is 12.7. The summed E-state index contributed by atoms with van der Waals surface area (Å²) >= 11 is 0. The lowest BCUT2D eigenvalue weighted by Gasteiger charge is -2.26. The molecule has 0 saturated carbocycles. The Bertz CT molecular complexity index is 747. The number of unbranched alkanes of at least 4 members (excludes halogenated alkanes) is 13. The molecule has 0 rings (SSSR count). The molecule has 0 amide bonds. The van der Waals surface area contributed by atoms with E-state index in [4.69, 9.17) is 9.47 Å². The van der Waals surface area contributed by atoms with Gasteiger partial charge in [-0.1, -0.05) is 131 Å². The van der Waals surface area contributed by atoms with Crippen LogP contribution >= 0.6 is 0 Å². The van der Waals surface area contributed by atoms with Crippen molar-refractivity contribution >= 4 is 11.9 Å². The minimum atomic E-state index is -0.0753. The fourth-order valence-corrected chi connectivity index (χ4v) is 6.99. The van der Waals surface area contributed by atoms with Gasteiger partial charge in [0, 0.05) is 39.1 Å². The Morgan fingerprint density at radius 3 is 1.82 bits per heavy atom. The standard InChI is InChI=1S/C43H85NO6/c1-6-9-11-12-13-17-23-34-49-42(47)27-21-18-19-26-40(37-46)36-44(32-24-33-45)31-22-16-14-15-20-28-43(48)50-41(35-38(4)5)30-29-39(8-3)25-10-7-2/h38-41,45-46H,6-37H2,1-5H3. The van der Waals surface area contributed by atoms with Gasteiger partial charge in [-0.15, -0.1) is 0 Å². The van der Waals surface area contributed by atoms with E-state index in [0.717, 1.165) is 122 Å². The Morgan fingerprint density at radius 1 is 0.600 bits per heavy atom. The first kappa shape index (κ1) is 48.8. The summed E-state index contributed by atoms with van der Waals surface area (Å²) in [4.78, 5) is 27.1. The Labute approximate surface area is 310 Å². The SMILES string of the molecule is CCCCCCCCCOC(=O)CCCCCC(CO)CN(CCCO)CCCCCCCC(=O)OC(CCC(CC)CCCC)CC(C)C. The summed E-state index contributed by atoms with van der Waals surface area (Å²) in [7, 11) is 0. The lowest BCUT2D eigenvalue weighted by Crippen LogP contribution is -2.33.